The molecule has 0 aliphatic carbocycles. The number of ether oxygens (including phenoxy) is 2. The van der Waals surface area contributed by atoms with Crippen LogP contribution in [0.25, 0.3) is 22.3 Å². The molecule has 2 N–H and O–H groups in total. The third kappa shape index (κ3) is 4.76. The Kier molecular flexibility index (Phi) is 6.22. The van der Waals surface area contributed by atoms with Crippen molar-refractivity contribution in [2.45, 2.75) is 39.0 Å². The van der Waals surface area contributed by atoms with Gasteiger partial charge in [-0.1, -0.05) is 0 Å². The number of anilines is 1. The van der Waals surface area contributed by atoms with Crippen LogP contribution in [0.4, 0.5) is 19.3 Å². The summed E-state index contributed by atoms with van der Waals surface area (Å²) in [5, 5.41) is 0.348. The lowest BCUT2D eigenvalue weighted by atomic mass is 10.0. The highest BCUT2D eigenvalue weighted by Gasteiger charge is 2.28. The number of furan rings is 1. The molecule has 1 aliphatic rings. The predicted molar refractivity (Wildman–Crippen MR) is 119 cm³/mol. The second-order valence-electron chi connectivity index (χ2n) is 8.17. The van der Waals surface area contributed by atoms with Gasteiger partial charge in [0.25, 0.3) is 0 Å². The molecule has 0 radical (unpaired) electrons. The molecule has 0 bridgehead atoms. The summed E-state index contributed by atoms with van der Waals surface area (Å²) >= 11 is 0. The molecule has 174 valence electrons. The predicted octanol–water partition coefficient (Wildman–Crippen LogP) is 5.20. The third-order valence-electron chi connectivity index (χ3n) is 5.40. The van der Waals surface area contributed by atoms with E-state index in [-0.39, 0.29) is 17.4 Å². The number of hydrogen-bond donors (Lipinski definition) is 1. The summed E-state index contributed by atoms with van der Waals surface area (Å²) in [6.07, 6.45) is -1.49. The molecule has 1 aliphatic heterocycles. The van der Waals surface area contributed by atoms with Gasteiger partial charge in [0, 0.05) is 30.1 Å². The number of primary amides is 1. The fourth-order valence-electron chi connectivity index (χ4n) is 3.95. The molecule has 1 saturated heterocycles. The molecular weight excluding hydrogens is 434 g/mol. The fourth-order valence-corrected chi connectivity index (χ4v) is 3.95. The minimum atomic E-state index is -1.26. The number of esters is 1. The van der Waals surface area contributed by atoms with E-state index in [0.29, 0.717) is 53.9 Å². The first-order valence-electron chi connectivity index (χ1n) is 10.7. The summed E-state index contributed by atoms with van der Waals surface area (Å²) in [6, 6.07) is 8.72. The smallest absolute Gasteiger partial charge is 0.412 e. The maximum atomic E-state index is 13.7. The normalized spacial score (nSPS) is 14.6. The lowest BCUT2D eigenvalue weighted by molar-refractivity contribution is 0.0640. The Balaban J connectivity index is 1.91. The van der Waals surface area contributed by atoms with Crippen molar-refractivity contribution in [1.29, 1.82) is 0 Å². The Morgan fingerprint density at radius 3 is 2.42 bits per heavy atom. The van der Waals surface area contributed by atoms with Gasteiger partial charge in [0.05, 0.1) is 11.8 Å². The van der Waals surface area contributed by atoms with E-state index in [0.717, 1.165) is 0 Å². The number of nitrogens with zero attached hydrogens (tertiary/aromatic N) is 1. The molecule has 33 heavy (non-hydrogen) atoms. The number of piperidine rings is 1. The molecular formula is C24H24F2N2O5. The zero-order valence-electron chi connectivity index (χ0n) is 18.3. The average molecular weight is 458 g/mol. The Morgan fingerprint density at radius 2 is 1.82 bits per heavy atom. The van der Waals surface area contributed by atoms with E-state index >= 15 is 0 Å². The van der Waals surface area contributed by atoms with E-state index in [4.69, 9.17) is 14.9 Å². The molecule has 0 spiro atoms. The van der Waals surface area contributed by atoms with Gasteiger partial charge >= 0.3 is 12.1 Å². The number of benzene rings is 2. The highest BCUT2D eigenvalue weighted by Crippen LogP contribution is 2.41. The van der Waals surface area contributed by atoms with Crippen molar-refractivity contribution in [2.75, 3.05) is 18.0 Å². The van der Waals surface area contributed by atoms with Gasteiger partial charge < -0.3 is 24.5 Å². The van der Waals surface area contributed by atoms with Crippen LogP contribution in [-0.2, 0) is 4.74 Å². The molecule has 0 atom stereocenters. The van der Waals surface area contributed by atoms with Crippen LogP contribution in [0.15, 0.2) is 40.8 Å². The van der Waals surface area contributed by atoms with Crippen molar-refractivity contribution >= 4 is 28.7 Å². The van der Waals surface area contributed by atoms with Crippen molar-refractivity contribution in [2.24, 2.45) is 5.73 Å². The molecule has 2 heterocycles. The van der Waals surface area contributed by atoms with Gasteiger partial charge in [-0.3, -0.25) is 0 Å². The van der Waals surface area contributed by atoms with E-state index in [1.54, 1.807) is 12.1 Å². The van der Waals surface area contributed by atoms with Gasteiger partial charge in [-0.2, -0.15) is 0 Å². The summed E-state index contributed by atoms with van der Waals surface area (Å²) < 4.78 is 43.8. The fraction of sp³-hybridized carbons (Fsp3) is 0.333. The first-order chi connectivity index (χ1) is 15.7. The SMILES string of the molecule is CC(C)Oc1cc2c(C(=O)OC(N)=O)c(-c3ccc(F)cc3)oc2cc1N1CCC(F)CC1. The molecule has 2 aromatic carbocycles. The van der Waals surface area contributed by atoms with Crippen LogP contribution < -0.4 is 15.4 Å². The number of fused-ring (bicyclic) bond motifs is 1. The van der Waals surface area contributed by atoms with Crippen LogP contribution >= 0.6 is 0 Å². The second kappa shape index (κ2) is 9.09. The van der Waals surface area contributed by atoms with E-state index in [1.807, 2.05) is 18.7 Å². The van der Waals surface area contributed by atoms with Crippen molar-refractivity contribution in [3.05, 3.63) is 47.8 Å². The van der Waals surface area contributed by atoms with Crippen LogP contribution in [-0.4, -0.2) is 37.4 Å². The number of amides is 1. The summed E-state index contributed by atoms with van der Waals surface area (Å²) in [4.78, 5) is 26.1. The largest absolute Gasteiger partial charge is 0.489 e. The van der Waals surface area contributed by atoms with Crippen molar-refractivity contribution < 1.29 is 32.3 Å². The molecule has 1 aromatic heterocycles. The van der Waals surface area contributed by atoms with Gasteiger partial charge in [0.1, 0.15) is 34.6 Å². The van der Waals surface area contributed by atoms with Crippen molar-refractivity contribution in [3.63, 3.8) is 0 Å². The average Bonchev–Trinajstić information content (AvgIpc) is 3.12. The van der Waals surface area contributed by atoms with Crippen LogP contribution in [0, 0.1) is 5.82 Å². The van der Waals surface area contributed by atoms with E-state index in [2.05, 4.69) is 4.74 Å². The van der Waals surface area contributed by atoms with Crippen LogP contribution in [0.5, 0.6) is 5.75 Å². The summed E-state index contributed by atoms with van der Waals surface area (Å²) in [5.74, 6) is -0.870. The number of halogens is 2. The van der Waals surface area contributed by atoms with Gasteiger partial charge in [-0.05, 0) is 57.0 Å². The molecule has 1 fully saturated rings. The maximum Gasteiger partial charge on any atom is 0.412 e. The van der Waals surface area contributed by atoms with E-state index in [9.17, 15) is 18.4 Å². The maximum absolute atomic E-state index is 13.7. The molecule has 9 heteroatoms. The topological polar surface area (TPSA) is 95.0 Å². The Bertz CT molecular complexity index is 1180. The zero-order chi connectivity index (χ0) is 23.7. The minimum Gasteiger partial charge on any atom is -0.489 e. The lowest BCUT2D eigenvalue weighted by Crippen LogP contribution is -2.34. The van der Waals surface area contributed by atoms with Crippen molar-refractivity contribution in [3.8, 4) is 17.1 Å². The van der Waals surface area contributed by atoms with E-state index in [1.165, 1.54) is 24.3 Å². The van der Waals surface area contributed by atoms with Gasteiger partial charge in [0.15, 0.2) is 0 Å². The number of hydrogen-bond acceptors (Lipinski definition) is 6. The number of nitrogens with two attached hydrogens (primary N) is 1. The third-order valence-corrected chi connectivity index (χ3v) is 5.40. The summed E-state index contributed by atoms with van der Waals surface area (Å²) in [6.45, 7) is 4.74. The molecule has 0 unspecified atom stereocenters. The summed E-state index contributed by atoms with van der Waals surface area (Å²) in [5.41, 5.74) is 6.48. The first kappa shape index (κ1) is 22.6. The van der Waals surface area contributed by atoms with E-state index < -0.39 is 24.1 Å². The van der Waals surface area contributed by atoms with Gasteiger partial charge in [0.2, 0.25) is 0 Å². The number of alkyl halides is 1. The standard InChI is InChI=1S/C24H24F2N2O5/c1-13(2)31-20-11-17-19(12-18(20)28-9-7-16(26)8-10-28)32-22(14-3-5-15(25)6-4-14)21(17)23(29)33-24(27)30/h3-6,11-13,16H,7-10H2,1-2H3,(H2,27,30). The number of carbonyl (C=O) groups is 2. The Hall–Kier alpha value is -3.62. The Morgan fingerprint density at radius 1 is 1.15 bits per heavy atom. The second-order valence-corrected chi connectivity index (χ2v) is 8.17. The van der Waals surface area contributed by atoms with Gasteiger partial charge in [-0.25, -0.2) is 18.4 Å². The Labute approximate surface area is 189 Å². The summed E-state index contributed by atoms with van der Waals surface area (Å²) in [7, 11) is 0. The molecule has 4 rings (SSSR count). The number of rotatable bonds is 5. The molecule has 0 saturated carbocycles. The molecule has 7 nitrogen and oxygen atoms in total. The van der Waals surface area contributed by atoms with Crippen LogP contribution in [0.2, 0.25) is 0 Å². The number of carbonyl (C=O) groups excluding carboxylic acids is 2. The highest BCUT2D eigenvalue weighted by atomic mass is 19.1. The minimum absolute atomic E-state index is 0.0296. The highest BCUT2D eigenvalue weighted by molar-refractivity contribution is 6.12. The van der Waals surface area contributed by atoms with Crippen molar-refractivity contribution in [1.82, 2.24) is 0 Å². The monoisotopic (exact) mass is 458 g/mol. The lowest BCUT2D eigenvalue weighted by Gasteiger charge is -2.32. The van der Waals surface area contributed by atoms with Crippen LogP contribution in [0.3, 0.4) is 0 Å². The van der Waals surface area contributed by atoms with Crippen LogP contribution in [0.1, 0.15) is 37.0 Å². The first-order valence-corrected chi connectivity index (χ1v) is 10.7. The van der Waals surface area contributed by atoms with Gasteiger partial charge in [-0.15, -0.1) is 0 Å². The quantitative estimate of drug-likeness (QED) is 0.417. The molecule has 3 aromatic rings. The zero-order valence-corrected chi connectivity index (χ0v) is 18.3. The molecule has 1 amide bonds.